The van der Waals surface area contributed by atoms with E-state index in [9.17, 15) is 0 Å². The van der Waals surface area contributed by atoms with Crippen LogP contribution in [-0.2, 0) is 0 Å². The molecular weight excluding hydrogens is 233 g/mol. The van der Waals surface area contributed by atoms with Crippen molar-refractivity contribution >= 4 is 29.0 Å². The van der Waals surface area contributed by atoms with Gasteiger partial charge >= 0.3 is 0 Å². The molecule has 0 spiro atoms. The number of nitrogens with two attached hydrogens (primary N) is 1. The second-order valence-electron chi connectivity index (χ2n) is 3.65. The molecule has 2 N–H and O–H groups in total. The summed E-state index contributed by atoms with van der Waals surface area (Å²) in [7, 11) is 1.94. The molecule has 0 saturated heterocycles. The number of hydrogen-bond donors (Lipinski definition) is 1. The summed E-state index contributed by atoms with van der Waals surface area (Å²) in [5, 5.41) is 1.11. The van der Waals surface area contributed by atoms with E-state index in [4.69, 9.17) is 28.9 Å². The molecule has 0 radical (unpaired) electrons. The number of hydrogen-bond acceptors (Lipinski definition) is 3. The van der Waals surface area contributed by atoms with Gasteiger partial charge in [-0.25, -0.2) is 4.98 Å². The van der Waals surface area contributed by atoms with E-state index in [2.05, 4.69) is 4.98 Å². The van der Waals surface area contributed by atoms with Gasteiger partial charge in [0.15, 0.2) is 0 Å². The Morgan fingerprint density at radius 2 is 2.20 bits per heavy atom. The van der Waals surface area contributed by atoms with Gasteiger partial charge in [-0.1, -0.05) is 23.2 Å². The third kappa shape index (κ3) is 3.86. The zero-order valence-electron chi connectivity index (χ0n) is 8.87. The lowest BCUT2D eigenvalue weighted by molar-refractivity contribution is 0.656. The highest BCUT2D eigenvalue weighted by Gasteiger charge is 2.08. The molecule has 0 aliphatic rings. The molecule has 84 valence electrons. The van der Waals surface area contributed by atoms with Crippen molar-refractivity contribution < 1.29 is 0 Å². The number of anilines is 1. The first kappa shape index (κ1) is 12.6. The van der Waals surface area contributed by atoms with Gasteiger partial charge in [0.2, 0.25) is 0 Å². The van der Waals surface area contributed by atoms with Crippen LogP contribution in [0.1, 0.15) is 13.3 Å². The lowest BCUT2D eigenvalue weighted by Crippen LogP contribution is -2.26. The standard InChI is InChI=1S/C10H15Cl2N3/c1-7(13)3-4-15(2)10-9(12)5-8(11)6-14-10/h5-7H,3-4,13H2,1-2H3. The lowest BCUT2D eigenvalue weighted by Gasteiger charge is -2.20. The van der Waals surface area contributed by atoms with E-state index < -0.39 is 0 Å². The summed E-state index contributed by atoms with van der Waals surface area (Å²) in [4.78, 5) is 6.15. The maximum Gasteiger partial charge on any atom is 0.147 e. The molecule has 1 aromatic rings. The predicted molar refractivity (Wildman–Crippen MR) is 65.8 cm³/mol. The van der Waals surface area contributed by atoms with Gasteiger partial charge in [-0.15, -0.1) is 0 Å². The van der Waals surface area contributed by atoms with Crippen LogP contribution in [0.15, 0.2) is 12.3 Å². The molecule has 1 heterocycles. The fourth-order valence-corrected chi connectivity index (χ4v) is 1.72. The molecule has 1 atom stereocenters. The number of pyridine rings is 1. The van der Waals surface area contributed by atoms with E-state index in [1.165, 1.54) is 0 Å². The Morgan fingerprint density at radius 1 is 1.53 bits per heavy atom. The van der Waals surface area contributed by atoms with Crippen molar-refractivity contribution in [3.63, 3.8) is 0 Å². The Morgan fingerprint density at radius 3 is 2.73 bits per heavy atom. The van der Waals surface area contributed by atoms with Crippen molar-refractivity contribution in [2.75, 3.05) is 18.5 Å². The minimum Gasteiger partial charge on any atom is -0.358 e. The van der Waals surface area contributed by atoms with Crippen LogP contribution >= 0.6 is 23.2 Å². The van der Waals surface area contributed by atoms with E-state index in [0.717, 1.165) is 18.8 Å². The summed E-state index contributed by atoms with van der Waals surface area (Å²) in [5.41, 5.74) is 5.68. The molecule has 3 nitrogen and oxygen atoms in total. The summed E-state index contributed by atoms with van der Waals surface area (Å²) in [6.45, 7) is 2.80. The molecule has 0 aromatic carbocycles. The fourth-order valence-electron chi connectivity index (χ4n) is 1.19. The summed E-state index contributed by atoms with van der Waals surface area (Å²) >= 11 is 11.8. The van der Waals surface area contributed by atoms with Crippen LogP contribution in [0.25, 0.3) is 0 Å². The van der Waals surface area contributed by atoms with Crippen molar-refractivity contribution in [3.05, 3.63) is 22.3 Å². The average Bonchev–Trinajstić information content (AvgIpc) is 2.14. The Hall–Kier alpha value is -0.510. The Balaban J connectivity index is 2.69. The molecule has 5 heteroatoms. The molecule has 0 aliphatic carbocycles. The normalized spacial score (nSPS) is 12.6. The zero-order valence-corrected chi connectivity index (χ0v) is 10.4. The molecule has 1 unspecified atom stereocenters. The number of halogens is 2. The van der Waals surface area contributed by atoms with Crippen LogP contribution in [0.5, 0.6) is 0 Å². The summed E-state index contributed by atoms with van der Waals surface area (Å²) in [6, 6.07) is 1.87. The number of rotatable bonds is 4. The van der Waals surface area contributed by atoms with Crippen LogP contribution in [0, 0.1) is 0 Å². The van der Waals surface area contributed by atoms with E-state index in [0.29, 0.717) is 10.0 Å². The summed E-state index contributed by atoms with van der Waals surface area (Å²) < 4.78 is 0. The lowest BCUT2D eigenvalue weighted by atomic mass is 10.2. The Bertz CT molecular complexity index is 328. The first-order valence-electron chi connectivity index (χ1n) is 4.78. The summed E-state index contributed by atoms with van der Waals surface area (Å²) in [6.07, 6.45) is 2.49. The van der Waals surface area contributed by atoms with Crippen LogP contribution in [0.3, 0.4) is 0 Å². The topological polar surface area (TPSA) is 42.1 Å². The molecule has 1 rings (SSSR count). The second-order valence-corrected chi connectivity index (χ2v) is 4.49. The number of aromatic nitrogens is 1. The van der Waals surface area contributed by atoms with E-state index in [1.807, 2.05) is 18.9 Å². The maximum absolute atomic E-state index is 6.02. The molecule has 0 fully saturated rings. The first-order valence-corrected chi connectivity index (χ1v) is 5.54. The molecule has 0 aliphatic heterocycles. The number of nitrogens with zero attached hydrogens (tertiary/aromatic N) is 2. The van der Waals surface area contributed by atoms with Gasteiger partial charge in [0.25, 0.3) is 0 Å². The van der Waals surface area contributed by atoms with Crippen molar-refractivity contribution in [3.8, 4) is 0 Å². The predicted octanol–water partition coefficient (Wildman–Crippen LogP) is 2.56. The maximum atomic E-state index is 6.02. The second kappa shape index (κ2) is 5.54. The van der Waals surface area contributed by atoms with Crippen LogP contribution in [0.2, 0.25) is 10.0 Å². The van der Waals surface area contributed by atoms with Gasteiger partial charge in [0.05, 0.1) is 10.0 Å². The van der Waals surface area contributed by atoms with Crippen LogP contribution < -0.4 is 10.6 Å². The van der Waals surface area contributed by atoms with Crippen LogP contribution in [0.4, 0.5) is 5.82 Å². The monoisotopic (exact) mass is 247 g/mol. The quantitative estimate of drug-likeness (QED) is 0.890. The van der Waals surface area contributed by atoms with Crippen molar-refractivity contribution in [1.29, 1.82) is 0 Å². The van der Waals surface area contributed by atoms with Gasteiger partial charge in [-0.3, -0.25) is 0 Å². The Labute approximate surface area is 100 Å². The third-order valence-corrected chi connectivity index (χ3v) is 2.55. The molecule has 1 aromatic heterocycles. The average molecular weight is 248 g/mol. The molecule has 0 saturated carbocycles. The van der Waals surface area contributed by atoms with Gasteiger partial charge in [0, 0.05) is 25.8 Å². The van der Waals surface area contributed by atoms with Crippen LogP contribution in [-0.4, -0.2) is 24.6 Å². The largest absolute Gasteiger partial charge is 0.358 e. The highest BCUT2D eigenvalue weighted by molar-refractivity contribution is 6.35. The van der Waals surface area contributed by atoms with Gasteiger partial charge in [-0.05, 0) is 19.4 Å². The van der Waals surface area contributed by atoms with Gasteiger partial charge in [-0.2, -0.15) is 0 Å². The molecule has 15 heavy (non-hydrogen) atoms. The molecular formula is C10H15Cl2N3. The van der Waals surface area contributed by atoms with Gasteiger partial charge < -0.3 is 10.6 Å². The van der Waals surface area contributed by atoms with E-state index >= 15 is 0 Å². The molecule has 0 bridgehead atoms. The minimum atomic E-state index is 0.179. The smallest absolute Gasteiger partial charge is 0.147 e. The third-order valence-electron chi connectivity index (χ3n) is 2.07. The minimum absolute atomic E-state index is 0.179. The highest BCUT2D eigenvalue weighted by Crippen LogP contribution is 2.25. The zero-order chi connectivity index (χ0) is 11.4. The van der Waals surface area contributed by atoms with Crippen molar-refractivity contribution in [2.45, 2.75) is 19.4 Å². The summed E-state index contributed by atoms with van der Waals surface area (Å²) in [5.74, 6) is 0.738. The van der Waals surface area contributed by atoms with E-state index in [-0.39, 0.29) is 6.04 Å². The fraction of sp³-hybridized carbons (Fsp3) is 0.500. The Kier molecular flexibility index (Phi) is 4.64. The first-order chi connectivity index (χ1) is 7.00. The van der Waals surface area contributed by atoms with Crippen molar-refractivity contribution in [1.82, 2.24) is 4.98 Å². The molecule has 0 amide bonds. The SMILES string of the molecule is CC(N)CCN(C)c1ncc(Cl)cc1Cl. The van der Waals surface area contributed by atoms with E-state index in [1.54, 1.807) is 12.3 Å². The highest BCUT2D eigenvalue weighted by atomic mass is 35.5. The van der Waals surface area contributed by atoms with Gasteiger partial charge in [0.1, 0.15) is 5.82 Å². The van der Waals surface area contributed by atoms with Crippen molar-refractivity contribution in [2.24, 2.45) is 5.73 Å².